The Morgan fingerprint density at radius 2 is 1.55 bits per heavy atom. The first kappa shape index (κ1) is 88.5. The summed E-state index contributed by atoms with van der Waals surface area (Å²) in [4.78, 5) is 149. The molecule has 2 saturated heterocycles. The number of pyridine rings is 1. The van der Waals surface area contributed by atoms with Crippen molar-refractivity contribution < 1.29 is 116 Å². The lowest BCUT2D eigenvalue weighted by atomic mass is 9.39. The number of aromatic nitrogens is 4. The number of carboxylic acid groups (broad SMARTS) is 2. The molecule has 36 nitrogen and oxygen atoms in total. The molecule has 8 amide bonds. The number of likely N-dealkylation sites (tertiary alicyclic amines) is 1. The molecule has 38 heteroatoms. The van der Waals surface area contributed by atoms with Crippen molar-refractivity contribution in [1.82, 2.24) is 45.1 Å². The molecule has 650 valence electrons. The van der Waals surface area contributed by atoms with Crippen molar-refractivity contribution in [2.45, 2.75) is 198 Å². The van der Waals surface area contributed by atoms with Gasteiger partial charge in [-0.25, -0.2) is 24.4 Å². The maximum Gasteiger partial charge on any atom is 0.410 e. The summed E-state index contributed by atoms with van der Waals surface area (Å²) in [6, 6.07) is 16.3. The zero-order chi connectivity index (χ0) is 86.9. The number of imide groups is 1. The number of aliphatic hydroxyl groups is 5. The Morgan fingerprint density at radius 1 is 0.810 bits per heavy atom. The van der Waals surface area contributed by atoms with Crippen LogP contribution in [0.5, 0.6) is 0 Å². The summed E-state index contributed by atoms with van der Waals surface area (Å²) < 4.78 is 59.0. The van der Waals surface area contributed by atoms with E-state index in [1.54, 1.807) is 32.2 Å². The van der Waals surface area contributed by atoms with E-state index in [0.29, 0.717) is 71.2 Å². The Labute approximate surface area is 700 Å². The number of fused-ring (bicyclic) bond motifs is 2. The topological polar surface area (TPSA) is 508 Å². The standard InChI is InChI=1S/C83H102N12O24S2/c1-45(2)66(89-63(98)34-93-52(37-116-28-29-121(113,114)115)31-59(75(93)107)95-64(99)20-21-65(95)100)74(106)85-46(3)72(104)86-51-16-14-50(49(30-51)15-18-60-68(101)69(102)70(103)71(119-60)77(110)111)36-117-79(112)91(25-23-53(97)35-96)26-27-118-83-41-80(5)38-81(6,42-83)40-82(39-80,43-83)44-94-47(4)56(32-84-94)54-17-19-62(88-67(54)76(108)109)92-24-22-48-10-9-11-55(57(48)33-92)73(105)90-78-87-58-12-7-8-13-61(58)120-78/h7-14,16-17,19-21,30,32,45-46,52-53,59-60,66,68-71,96-97,101-103H,15,18,22-29,31,33-44H2,1-6H3,(H,85,106)(H,86,104)(H,89,98)(H,108,109)(H,110,111)(H,87,90,105)(H,113,114,115)/t46-,52-,53-,59-,60-,66-,68-,69+,70-,71-,80?,81?,82?,83?/m0/s1. The van der Waals surface area contributed by atoms with E-state index in [9.17, 15) is 96.7 Å². The molecule has 3 aromatic carbocycles. The molecule has 4 saturated carbocycles. The summed E-state index contributed by atoms with van der Waals surface area (Å²) in [6.45, 7) is 9.70. The lowest BCUT2D eigenvalue weighted by Gasteiger charge is -2.69. The molecule has 8 aliphatic rings. The molecule has 12 N–H and O–H groups in total. The van der Waals surface area contributed by atoms with E-state index in [1.165, 1.54) is 41.4 Å². The number of rotatable bonds is 35. The molecule has 6 fully saturated rings. The van der Waals surface area contributed by atoms with Crippen molar-refractivity contribution >= 4 is 108 Å². The lowest BCUT2D eigenvalue weighted by Crippen LogP contribution is -2.64. The van der Waals surface area contributed by atoms with E-state index in [-0.39, 0.29) is 85.5 Å². The number of anilines is 3. The van der Waals surface area contributed by atoms with Crippen LogP contribution in [0, 0.1) is 29.1 Å². The first-order valence-corrected chi connectivity index (χ1v) is 42.7. The van der Waals surface area contributed by atoms with Crippen molar-refractivity contribution in [3.05, 3.63) is 130 Å². The van der Waals surface area contributed by atoms with Crippen LogP contribution in [0.2, 0.25) is 0 Å². The summed E-state index contributed by atoms with van der Waals surface area (Å²) in [6.07, 6.45) is -2.52. The minimum absolute atomic E-state index is 0.0192. The summed E-state index contributed by atoms with van der Waals surface area (Å²) in [7, 11) is -4.43. The summed E-state index contributed by atoms with van der Waals surface area (Å²) in [5, 5.41) is 89.8. The maximum absolute atomic E-state index is 14.6. The summed E-state index contributed by atoms with van der Waals surface area (Å²) in [5.74, 6) is -8.95. The zero-order valence-electron chi connectivity index (χ0n) is 67.8. The van der Waals surface area contributed by atoms with Gasteiger partial charge in [0.15, 0.2) is 16.9 Å². The Hall–Kier alpha value is -10.3. The van der Waals surface area contributed by atoms with Crippen molar-refractivity contribution in [1.29, 1.82) is 0 Å². The summed E-state index contributed by atoms with van der Waals surface area (Å²) in [5.41, 5.74) is 4.22. The van der Waals surface area contributed by atoms with Crippen molar-refractivity contribution in [2.24, 2.45) is 22.2 Å². The number of aliphatic carboxylic acids is 1. The molecule has 4 bridgehead atoms. The molecule has 7 heterocycles. The number of carbonyl (C=O) groups excluding carboxylic acids is 8. The predicted octanol–water partition coefficient (Wildman–Crippen LogP) is 4.14. The van der Waals surface area contributed by atoms with Gasteiger partial charge in [0.1, 0.15) is 48.9 Å². The SMILES string of the molecule is Cc1c(-c2ccc(N3CCc4cccc(C(=O)Nc5nc6ccccc6s5)c4C3)nc2C(=O)O)cnn1CC12CC3(C)CC(C)(C1)CC(OCCN(CC[C@H](O)CO)C(=O)OCc1ccc(NC(=O)[C@H](C)NC(=O)[C@@H](NC(=O)CN4C(=O)[C@@H](N5C(=O)C=CC5=O)C[C@H]4COCCS(=O)(=O)O)C(C)C)cc1CC[C@@H]1O[C@H](C(=O)O)[C@@H](O)[C@H](O)[C@H]1O)(C3)C2. The number of thiazole rings is 1. The predicted molar refractivity (Wildman–Crippen MR) is 435 cm³/mol. The van der Waals surface area contributed by atoms with Crippen molar-refractivity contribution in [3.8, 4) is 11.1 Å². The van der Waals surface area contributed by atoms with Crippen LogP contribution in [0.4, 0.5) is 21.4 Å². The quantitative estimate of drug-likeness (QED) is 0.0151. The fourth-order valence-corrected chi connectivity index (χ4v) is 20.7. The Bertz CT molecular complexity index is 5080. The monoisotopic (exact) mass is 1710 g/mol. The molecular formula is C83H102N12O24S2. The largest absolute Gasteiger partial charge is 0.479 e. The normalized spacial score (nSPS) is 25.7. The maximum atomic E-state index is 14.6. The van der Waals surface area contributed by atoms with E-state index in [0.717, 1.165) is 81.1 Å². The fourth-order valence-electron chi connectivity index (χ4n) is 19.6. The van der Waals surface area contributed by atoms with Crippen LogP contribution in [-0.4, -0.2) is 267 Å². The van der Waals surface area contributed by atoms with E-state index in [1.807, 2.05) is 59.0 Å². The second-order valence-electron chi connectivity index (χ2n) is 34.2. The molecule has 0 radical (unpaired) electrons. The molecule has 3 aromatic heterocycles. The van der Waals surface area contributed by atoms with Gasteiger partial charge in [0, 0.05) is 79.4 Å². The molecule has 0 spiro atoms. The molecule has 4 aliphatic carbocycles. The van der Waals surface area contributed by atoms with Crippen LogP contribution >= 0.6 is 11.3 Å². The second-order valence-corrected chi connectivity index (χ2v) is 36.8. The number of hydrogen-bond acceptors (Lipinski definition) is 26. The highest BCUT2D eigenvalue weighted by molar-refractivity contribution is 7.85. The number of para-hydroxylation sites is 1. The smallest absolute Gasteiger partial charge is 0.410 e. The number of hydrogen-bond donors (Lipinski definition) is 12. The van der Waals surface area contributed by atoms with Gasteiger partial charge in [0.25, 0.3) is 27.8 Å². The fraction of sp³-hybridized carbons (Fsp3) is 0.530. The minimum atomic E-state index is -4.43. The first-order chi connectivity index (χ1) is 57.3. The molecule has 2 unspecified atom stereocenters. The number of aliphatic hydroxyl groups excluding tert-OH is 5. The highest BCUT2D eigenvalue weighted by Crippen LogP contribution is 2.72. The van der Waals surface area contributed by atoms with Crippen LogP contribution in [-0.2, 0) is 95.2 Å². The first-order valence-electron chi connectivity index (χ1n) is 40.3. The Balaban J connectivity index is 0.664. The van der Waals surface area contributed by atoms with Crippen LogP contribution in [0.25, 0.3) is 21.3 Å². The minimum Gasteiger partial charge on any atom is -0.479 e. The lowest BCUT2D eigenvalue weighted by molar-refractivity contribution is -0.248. The third-order valence-electron chi connectivity index (χ3n) is 24.2. The van der Waals surface area contributed by atoms with Gasteiger partial charge < -0.3 is 85.3 Å². The molecule has 12 atom stereocenters. The van der Waals surface area contributed by atoms with Gasteiger partial charge in [-0.2, -0.15) is 13.5 Å². The van der Waals surface area contributed by atoms with Gasteiger partial charge in [-0.3, -0.25) is 53.0 Å². The number of carbonyl (C=O) groups is 10. The van der Waals surface area contributed by atoms with Crippen LogP contribution < -0.4 is 26.2 Å². The van der Waals surface area contributed by atoms with Crippen LogP contribution in [0.3, 0.4) is 0 Å². The third kappa shape index (κ3) is 19.9. The van der Waals surface area contributed by atoms with Crippen molar-refractivity contribution in [2.75, 3.05) is 73.9 Å². The number of nitrogens with zero attached hydrogens (tertiary/aromatic N) is 8. The average Bonchev–Trinajstić information content (AvgIpc) is 0.769. The number of nitrogens with one attached hydrogen (secondary N) is 4. The number of benzene rings is 3. The van der Waals surface area contributed by atoms with Gasteiger partial charge in [0.05, 0.1) is 79.0 Å². The van der Waals surface area contributed by atoms with E-state index in [4.69, 9.17) is 29.0 Å². The number of carboxylic acids is 2. The molecule has 6 aromatic rings. The number of aromatic carboxylic acids is 1. The van der Waals surface area contributed by atoms with E-state index < -0.39 is 168 Å². The second kappa shape index (κ2) is 36.0. The zero-order valence-corrected chi connectivity index (χ0v) is 69.4. The van der Waals surface area contributed by atoms with Crippen LogP contribution in [0.15, 0.2) is 91.1 Å². The highest BCUT2D eigenvalue weighted by Gasteiger charge is 2.66. The molecule has 4 aliphatic heterocycles. The molecule has 121 heavy (non-hydrogen) atoms. The Morgan fingerprint density at radius 3 is 2.24 bits per heavy atom. The van der Waals surface area contributed by atoms with Gasteiger partial charge in [-0.1, -0.05) is 69.4 Å². The summed E-state index contributed by atoms with van der Waals surface area (Å²) >= 11 is 1.38. The van der Waals surface area contributed by atoms with E-state index in [2.05, 4.69) is 40.1 Å². The third-order valence-corrected chi connectivity index (χ3v) is 25.8. The number of ether oxygens (including phenoxy) is 4. The molecule has 14 rings (SSSR count). The Kier molecular flexibility index (Phi) is 26.4. The van der Waals surface area contributed by atoms with Crippen LogP contribution in [0.1, 0.15) is 141 Å². The molecular weight excluding hydrogens is 1610 g/mol. The average molecular weight is 1720 g/mol. The van der Waals surface area contributed by atoms with Crippen molar-refractivity contribution in [3.63, 3.8) is 0 Å². The number of aryl methyl sites for hydroxylation is 1. The highest BCUT2D eigenvalue weighted by atomic mass is 32.2. The van der Waals surface area contributed by atoms with Gasteiger partial charge in [0.2, 0.25) is 23.6 Å². The van der Waals surface area contributed by atoms with Gasteiger partial charge in [-0.05, 0) is 165 Å². The number of amides is 8. The van der Waals surface area contributed by atoms with Gasteiger partial charge in [-0.15, -0.1) is 0 Å². The van der Waals surface area contributed by atoms with E-state index >= 15 is 0 Å². The van der Waals surface area contributed by atoms with Gasteiger partial charge >= 0.3 is 18.0 Å².